The number of hydrogen-bond acceptors (Lipinski definition) is 4. The van der Waals surface area contributed by atoms with Gasteiger partial charge in [0.1, 0.15) is 5.75 Å². The van der Waals surface area contributed by atoms with E-state index in [-0.39, 0.29) is 10.6 Å². The van der Waals surface area contributed by atoms with Crippen LogP contribution in [0.25, 0.3) is 0 Å². The van der Waals surface area contributed by atoms with E-state index in [2.05, 4.69) is 4.99 Å². The molecule has 0 aliphatic rings. The minimum absolute atomic E-state index is 0.0605. The summed E-state index contributed by atoms with van der Waals surface area (Å²) in [6, 6.07) is 0. The van der Waals surface area contributed by atoms with Crippen LogP contribution in [0.1, 0.15) is 22.3 Å². The molecule has 0 atom stereocenters. The maximum absolute atomic E-state index is 11.7. The molecule has 5 nitrogen and oxygen atoms in total. The molecule has 20 heavy (non-hydrogen) atoms. The molecule has 1 aromatic carbocycles. The van der Waals surface area contributed by atoms with Crippen molar-refractivity contribution < 1.29 is 5.11 Å². The molecule has 0 aliphatic heterocycles. The van der Waals surface area contributed by atoms with Gasteiger partial charge in [-0.15, -0.1) is 0 Å². The van der Waals surface area contributed by atoms with Crippen molar-refractivity contribution in [3.05, 3.63) is 36.7 Å². The van der Waals surface area contributed by atoms with Crippen LogP contribution >= 0.6 is 11.3 Å². The van der Waals surface area contributed by atoms with Crippen molar-refractivity contribution in [2.45, 2.75) is 27.7 Å². The zero-order valence-corrected chi connectivity index (χ0v) is 13.4. The van der Waals surface area contributed by atoms with Crippen molar-refractivity contribution in [1.29, 1.82) is 0 Å². The normalized spacial score (nSPS) is 12.2. The summed E-state index contributed by atoms with van der Waals surface area (Å²) < 4.78 is 3.22. The fraction of sp³-hybridized carbons (Fsp3) is 0.429. The standard InChI is InChI=1S/C14H19N3O2S/c1-7-8(2)11(10(4)12(18)9(7)3)15-13-16(5)17(6)14(19)20-13/h18H,1-6H3. The van der Waals surface area contributed by atoms with E-state index in [0.717, 1.165) is 39.3 Å². The Balaban J connectivity index is 2.84. The number of rotatable bonds is 1. The molecule has 1 heterocycles. The highest BCUT2D eigenvalue weighted by Gasteiger charge is 2.14. The van der Waals surface area contributed by atoms with Crippen LogP contribution < -0.4 is 9.67 Å². The first-order valence-electron chi connectivity index (χ1n) is 6.32. The fourth-order valence-corrected chi connectivity index (χ4v) is 2.93. The van der Waals surface area contributed by atoms with Crippen molar-refractivity contribution in [2.24, 2.45) is 19.1 Å². The Morgan fingerprint density at radius 1 is 0.950 bits per heavy atom. The lowest BCUT2D eigenvalue weighted by Crippen LogP contribution is -2.21. The topological polar surface area (TPSA) is 59.5 Å². The summed E-state index contributed by atoms with van der Waals surface area (Å²) in [7, 11) is 3.50. The number of phenolic OH excluding ortho intramolecular Hbond substituents is 1. The number of aromatic nitrogens is 2. The van der Waals surface area contributed by atoms with E-state index >= 15 is 0 Å². The lowest BCUT2D eigenvalue weighted by Gasteiger charge is -2.14. The average molecular weight is 293 g/mol. The van der Waals surface area contributed by atoms with Gasteiger partial charge in [-0.3, -0.25) is 9.48 Å². The molecule has 0 bridgehead atoms. The van der Waals surface area contributed by atoms with E-state index in [1.54, 1.807) is 18.8 Å². The van der Waals surface area contributed by atoms with Gasteiger partial charge in [0.05, 0.1) is 5.69 Å². The van der Waals surface area contributed by atoms with Gasteiger partial charge in [-0.1, -0.05) is 0 Å². The van der Waals surface area contributed by atoms with Crippen molar-refractivity contribution in [3.8, 4) is 5.75 Å². The molecule has 108 valence electrons. The van der Waals surface area contributed by atoms with Gasteiger partial charge in [-0.25, -0.2) is 9.67 Å². The minimum atomic E-state index is -0.0605. The van der Waals surface area contributed by atoms with Crippen LogP contribution in [0, 0.1) is 27.7 Å². The summed E-state index contributed by atoms with van der Waals surface area (Å²) in [5.41, 5.74) is 4.42. The summed E-state index contributed by atoms with van der Waals surface area (Å²) in [6.45, 7) is 7.70. The number of aromatic hydroxyl groups is 1. The number of hydrogen-bond donors (Lipinski definition) is 1. The van der Waals surface area contributed by atoms with Crippen molar-refractivity contribution in [3.63, 3.8) is 0 Å². The van der Waals surface area contributed by atoms with Crippen LogP contribution in [-0.4, -0.2) is 14.5 Å². The summed E-state index contributed by atoms with van der Waals surface area (Å²) in [4.78, 5) is 16.8. The molecule has 0 spiro atoms. The molecule has 2 rings (SSSR count). The molecule has 1 N–H and O–H groups in total. The highest BCUT2D eigenvalue weighted by molar-refractivity contribution is 7.06. The first-order valence-corrected chi connectivity index (χ1v) is 7.14. The molecular weight excluding hydrogens is 274 g/mol. The van der Waals surface area contributed by atoms with Crippen LogP contribution in [-0.2, 0) is 14.1 Å². The zero-order chi connectivity index (χ0) is 15.2. The molecular formula is C14H19N3O2S. The third-order valence-electron chi connectivity index (χ3n) is 3.92. The van der Waals surface area contributed by atoms with E-state index in [1.807, 2.05) is 27.7 Å². The van der Waals surface area contributed by atoms with Gasteiger partial charge >= 0.3 is 4.87 Å². The predicted octanol–water partition coefficient (Wildman–Crippen LogP) is 1.96. The Labute approximate surface area is 121 Å². The molecule has 0 fully saturated rings. The molecule has 0 radical (unpaired) electrons. The number of nitrogens with zero attached hydrogens (tertiary/aromatic N) is 3. The molecule has 0 unspecified atom stereocenters. The lowest BCUT2D eigenvalue weighted by atomic mass is 9.97. The van der Waals surface area contributed by atoms with Gasteiger partial charge < -0.3 is 5.11 Å². The second kappa shape index (κ2) is 4.94. The van der Waals surface area contributed by atoms with Gasteiger partial charge in [0.25, 0.3) is 0 Å². The molecule has 0 saturated heterocycles. The highest BCUT2D eigenvalue weighted by Crippen LogP contribution is 2.36. The quantitative estimate of drug-likeness (QED) is 0.873. The SMILES string of the molecule is Cc1c(C)c(O)c(C)c(N=c2sc(=O)n(C)n2C)c1C. The van der Waals surface area contributed by atoms with Crippen LogP contribution in [0.15, 0.2) is 9.79 Å². The maximum atomic E-state index is 11.7. The van der Waals surface area contributed by atoms with Crippen LogP contribution in [0.5, 0.6) is 5.75 Å². The molecule has 6 heteroatoms. The predicted molar refractivity (Wildman–Crippen MR) is 80.8 cm³/mol. The molecule has 0 saturated carbocycles. The second-order valence-corrected chi connectivity index (χ2v) is 5.93. The Morgan fingerprint density at radius 2 is 1.55 bits per heavy atom. The summed E-state index contributed by atoms with van der Waals surface area (Å²) in [5.74, 6) is 0.276. The van der Waals surface area contributed by atoms with Gasteiger partial charge in [0, 0.05) is 19.7 Å². The monoisotopic (exact) mass is 293 g/mol. The highest BCUT2D eigenvalue weighted by atomic mass is 32.1. The van der Waals surface area contributed by atoms with E-state index in [9.17, 15) is 9.90 Å². The van der Waals surface area contributed by atoms with E-state index < -0.39 is 0 Å². The molecule has 2 aromatic rings. The van der Waals surface area contributed by atoms with Crippen molar-refractivity contribution >= 4 is 17.0 Å². The van der Waals surface area contributed by atoms with E-state index in [0.29, 0.717) is 4.80 Å². The zero-order valence-electron chi connectivity index (χ0n) is 12.6. The Morgan fingerprint density at radius 3 is 2.05 bits per heavy atom. The third-order valence-corrected chi connectivity index (χ3v) is 4.90. The summed E-state index contributed by atoms with van der Waals surface area (Å²) in [5, 5.41) is 10.2. The Bertz CT molecular complexity index is 780. The number of benzene rings is 1. The summed E-state index contributed by atoms with van der Waals surface area (Å²) in [6.07, 6.45) is 0. The maximum Gasteiger partial charge on any atom is 0.324 e. The smallest absolute Gasteiger partial charge is 0.324 e. The third kappa shape index (κ3) is 2.10. The van der Waals surface area contributed by atoms with Crippen molar-refractivity contribution in [2.75, 3.05) is 0 Å². The van der Waals surface area contributed by atoms with Crippen molar-refractivity contribution in [1.82, 2.24) is 9.36 Å². The van der Waals surface area contributed by atoms with E-state index in [4.69, 9.17) is 0 Å². The first-order chi connectivity index (χ1) is 9.25. The second-order valence-electron chi connectivity index (χ2n) is 5.01. The number of phenols is 1. The van der Waals surface area contributed by atoms with Gasteiger partial charge in [0.2, 0.25) is 4.80 Å². The Hall–Kier alpha value is -1.82. The van der Waals surface area contributed by atoms with E-state index in [1.165, 1.54) is 4.68 Å². The van der Waals surface area contributed by atoms with Crippen LogP contribution in [0.3, 0.4) is 0 Å². The van der Waals surface area contributed by atoms with Crippen LogP contribution in [0.2, 0.25) is 0 Å². The van der Waals surface area contributed by atoms with Gasteiger partial charge in [-0.05, 0) is 55.7 Å². The Kier molecular flexibility index (Phi) is 3.60. The summed E-state index contributed by atoms with van der Waals surface area (Å²) >= 11 is 1.09. The van der Waals surface area contributed by atoms with Gasteiger partial charge in [0.15, 0.2) is 0 Å². The molecule has 0 aliphatic carbocycles. The van der Waals surface area contributed by atoms with Gasteiger partial charge in [-0.2, -0.15) is 0 Å². The average Bonchev–Trinajstić information content (AvgIpc) is 2.66. The minimum Gasteiger partial charge on any atom is -0.507 e. The molecule has 0 amide bonds. The largest absolute Gasteiger partial charge is 0.507 e. The fourth-order valence-electron chi connectivity index (χ4n) is 2.13. The lowest BCUT2D eigenvalue weighted by molar-refractivity contribution is 0.466. The molecule has 1 aromatic heterocycles. The first kappa shape index (κ1) is 14.6. The van der Waals surface area contributed by atoms with Crippen LogP contribution in [0.4, 0.5) is 5.69 Å².